The van der Waals surface area contributed by atoms with Crippen LogP contribution in [0.4, 0.5) is 18.9 Å². The van der Waals surface area contributed by atoms with E-state index in [0.29, 0.717) is 6.54 Å². The van der Waals surface area contributed by atoms with Gasteiger partial charge in [-0.2, -0.15) is 13.2 Å². The minimum absolute atomic E-state index is 0.0936. The van der Waals surface area contributed by atoms with Crippen molar-refractivity contribution in [3.63, 3.8) is 0 Å². The van der Waals surface area contributed by atoms with Crippen LogP contribution in [-0.2, 0) is 11.0 Å². The third-order valence-electron chi connectivity index (χ3n) is 3.23. The molecule has 0 bridgehead atoms. The van der Waals surface area contributed by atoms with Crippen molar-refractivity contribution in [3.8, 4) is 0 Å². The molecule has 1 aromatic carbocycles. The predicted octanol–water partition coefficient (Wildman–Crippen LogP) is 1.68. The molecule has 0 aliphatic carbocycles. The van der Waals surface area contributed by atoms with Crippen molar-refractivity contribution >= 4 is 11.6 Å². The number of halogens is 3. The fourth-order valence-electron chi connectivity index (χ4n) is 2.15. The van der Waals surface area contributed by atoms with Crippen LogP contribution < -0.4 is 10.6 Å². The van der Waals surface area contributed by atoms with Gasteiger partial charge in [-0.3, -0.25) is 4.79 Å². The molecular formula is C13H15F3N2O2. The predicted molar refractivity (Wildman–Crippen MR) is 67.2 cm³/mol. The average molecular weight is 288 g/mol. The smallest absolute Gasteiger partial charge is 0.392 e. The van der Waals surface area contributed by atoms with E-state index < -0.39 is 29.8 Å². The number of aliphatic hydroxyl groups excluding tert-OH is 1. The molecule has 1 fully saturated rings. The molecule has 2 unspecified atom stereocenters. The summed E-state index contributed by atoms with van der Waals surface area (Å²) in [5.41, 5.74) is -0.573. The number of hydrogen-bond donors (Lipinski definition) is 3. The molecule has 2 rings (SSSR count). The lowest BCUT2D eigenvalue weighted by Crippen LogP contribution is -2.35. The van der Waals surface area contributed by atoms with Crippen molar-refractivity contribution < 1.29 is 23.1 Å². The second kappa shape index (κ2) is 5.41. The summed E-state index contributed by atoms with van der Waals surface area (Å²) in [6, 6.07) is 3.07. The third kappa shape index (κ3) is 3.29. The summed E-state index contributed by atoms with van der Waals surface area (Å²) < 4.78 is 38.3. The van der Waals surface area contributed by atoms with Crippen LogP contribution in [0.25, 0.3) is 0 Å². The standard InChI is InChI=1S/C13H15F3N2O2/c1-7-2-3-8(4-10(7)13(14,15)16)18-12(20)11-5-9(19)6-17-11/h2-4,9,11,17,19H,5-6H2,1H3,(H,18,20). The molecule has 1 amide bonds. The third-order valence-corrected chi connectivity index (χ3v) is 3.23. The number of hydrogen-bond acceptors (Lipinski definition) is 3. The maximum absolute atomic E-state index is 12.8. The Morgan fingerprint density at radius 3 is 2.70 bits per heavy atom. The molecular weight excluding hydrogens is 273 g/mol. The van der Waals surface area contributed by atoms with Crippen LogP contribution in [0, 0.1) is 6.92 Å². The van der Waals surface area contributed by atoms with Gasteiger partial charge >= 0.3 is 6.18 Å². The lowest BCUT2D eigenvalue weighted by atomic mass is 10.1. The number of benzene rings is 1. The molecule has 3 N–H and O–H groups in total. The molecule has 1 saturated heterocycles. The van der Waals surface area contributed by atoms with Crippen molar-refractivity contribution in [2.75, 3.05) is 11.9 Å². The maximum atomic E-state index is 12.8. The number of alkyl halides is 3. The van der Waals surface area contributed by atoms with Gasteiger partial charge in [-0.1, -0.05) is 6.07 Å². The minimum Gasteiger partial charge on any atom is -0.392 e. The lowest BCUT2D eigenvalue weighted by molar-refractivity contribution is -0.138. The van der Waals surface area contributed by atoms with Gasteiger partial charge in [0.05, 0.1) is 17.7 Å². The summed E-state index contributed by atoms with van der Waals surface area (Å²) in [5, 5.41) is 14.5. The monoisotopic (exact) mass is 288 g/mol. The Morgan fingerprint density at radius 1 is 1.45 bits per heavy atom. The number of amides is 1. The molecule has 20 heavy (non-hydrogen) atoms. The Bertz CT molecular complexity index is 517. The van der Waals surface area contributed by atoms with Gasteiger partial charge in [-0.15, -0.1) is 0 Å². The van der Waals surface area contributed by atoms with Crippen LogP contribution in [0.1, 0.15) is 17.5 Å². The molecule has 110 valence electrons. The molecule has 0 saturated carbocycles. The summed E-state index contributed by atoms with van der Waals surface area (Å²) in [6.45, 7) is 1.67. The van der Waals surface area contributed by atoms with Gasteiger partial charge in [0.15, 0.2) is 0 Å². The van der Waals surface area contributed by atoms with Crippen LogP contribution in [0.15, 0.2) is 18.2 Å². The van der Waals surface area contributed by atoms with Gasteiger partial charge in [0.2, 0.25) is 5.91 Å². The molecule has 2 atom stereocenters. The Balaban J connectivity index is 2.12. The van der Waals surface area contributed by atoms with Crippen molar-refractivity contribution in [1.29, 1.82) is 0 Å². The zero-order valence-corrected chi connectivity index (χ0v) is 10.8. The highest BCUT2D eigenvalue weighted by molar-refractivity contribution is 5.95. The van der Waals surface area contributed by atoms with Gasteiger partial charge in [0, 0.05) is 12.2 Å². The molecule has 0 spiro atoms. The Kier molecular flexibility index (Phi) is 4.01. The van der Waals surface area contributed by atoms with E-state index >= 15 is 0 Å². The first-order valence-corrected chi connectivity index (χ1v) is 6.17. The van der Waals surface area contributed by atoms with Gasteiger partial charge < -0.3 is 15.7 Å². The normalized spacial score (nSPS) is 22.9. The van der Waals surface area contributed by atoms with E-state index in [-0.39, 0.29) is 17.7 Å². The lowest BCUT2D eigenvalue weighted by Gasteiger charge is -2.14. The number of nitrogens with one attached hydrogen (secondary N) is 2. The fourth-order valence-corrected chi connectivity index (χ4v) is 2.15. The topological polar surface area (TPSA) is 61.4 Å². The highest BCUT2D eigenvalue weighted by Gasteiger charge is 2.33. The van der Waals surface area contributed by atoms with Crippen LogP contribution >= 0.6 is 0 Å². The maximum Gasteiger partial charge on any atom is 0.416 e. The number of β-amino-alcohol motifs (C(OH)–C–C–N with tert-alkyl or cyclic N) is 1. The van der Waals surface area contributed by atoms with Crippen LogP contribution in [0.5, 0.6) is 0 Å². The number of carbonyl (C=O) groups is 1. The number of aryl methyl sites for hydroxylation is 1. The van der Waals surface area contributed by atoms with Crippen molar-refractivity contribution in [1.82, 2.24) is 5.32 Å². The summed E-state index contributed by atoms with van der Waals surface area (Å²) in [7, 11) is 0. The zero-order chi connectivity index (χ0) is 14.9. The SMILES string of the molecule is Cc1ccc(NC(=O)C2CC(O)CN2)cc1C(F)(F)F. The average Bonchev–Trinajstić information content (AvgIpc) is 2.77. The molecule has 0 radical (unpaired) electrons. The highest BCUT2D eigenvalue weighted by atomic mass is 19.4. The van der Waals surface area contributed by atoms with Crippen molar-refractivity contribution in [2.45, 2.75) is 31.7 Å². The molecule has 1 aliphatic rings. The number of rotatable bonds is 2. The molecule has 7 heteroatoms. The van der Waals surface area contributed by atoms with Gasteiger partial charge in [0.1, 0.15) is 0 Å². The van der Waals surface area contributed by atoms with E-state index in [1.54, 1.807) is 0 Å². The van der Waals surface area contributed by atoms with E-state index in [2.05, 4.69) is 10.6 Å². The number of carbonyl (C=O) groups excluding carboxylic acids is 1. The first kappa shape index (κ1) is 14.8. The summed E-state index contributed by atoms with van der Waals surface area (Å²) in [5.74, 6) is -0.446. The van der Waals surface area contributed by atoms with Crippen LogP contribution in [-0.4, -0.2) is 29.7 Å². The Labute approximate surface area is 114 Å². The molecule has 0 aromatic heterocycles. The second-order valence-electron chi connectivity index (χ2n) is 4.87. The van der Waals surface area contributed by atoms with Crippen molar-refractivity contribution in [3.05, 3.63) is 29.3 Å². The highest BCUT2D eigenvalue weighted by Crippen LogP contribution is 2.33. The van der Waals surface area contributed by atoms with Crippen LogP contribution in [0.2, 0.25) is 0 Å². The number of aliphatic hydroxyl groups is 1. The summed E-state index contributed by atoms with van der Waals surface area (Å²) >= 11 is 0. The number of anilines is 1. The molecule has 1 aromatic rings. The van der Waals surface area contributed by atoms with Gasteiger partial charge in [-0.25, -0.2) is 0 Å². The quantitative estimate of drug-likeness (QED) is 0.776. The second-order valence-corrected chi connectivity index (χ2v) is 4.87. The molecule has 1 heterocycles. The largest absolute Gasteiger partial charge is 0.416 e. The fraction of sp³-hybridized carbons (Fsp3) is 0.462. The van der Waals surface area contributed by atoms with Gasteiger partial charge in [0.25, 0.3) is 0 Å². The van der Waals surface area contributed by atoms with E-state index in [1.807, 2.05) is 0 Å². The van der Waals surface area contributed by atoms with E-state index in [9.17, 15) is 23.1 Å². The van der Waals surface area contributed by atoms with Crippen LogP contribution in [0.3, 0.4) is 0 Å². The summed E-state index contributed by atoms with van der Waals surface area (Å²) in [4.78, 5) is 11.8. The van der Waals surface area contributed by atoms with E-state index in [0.717, 1.165) is 6.07 Å². The van der Waals surface area contributed by atoms with Gasteiger partial charge in [-0.05, 0) is 31.0 Å². The van der Waals surface area contributed by atoms with E-state index in [1.165, 1.54) is 19.1 Å². The Hall–Kier alpha value is -1.60. The molecule has 4 nitrogen and oxygen atoms in total. The summed E-state index contributed by atoms with van der Waals surface area (Å²) in [6.07, 6.45) is -4.80. The zero-order valence-electron chi connectivity index (χ0n) is 10.8. The van der Waals surface area contributed by atoms with Crippen molar-refractivity contribution in [2.24, 2.45) is 0 Å². The Morgan fingerprint density at radius 2 is 2.15 bits per heavy atom. The first-order chi connectivity index (χ1) is 9.27. The molecule has 1 aliphatic heterocycles. The minimum atomic E-state index is -4.45. The first-order valence-electron chi connectivity index (χ1n) is 6.17. The van der Waals surface area contributed by atoms with E-state index in [4.69, 9.17) is 0 Å².